The highest BCUT2D eigenvalue weighted by molar-refractivity contribution is 5.98. The molecular weight excluding hydrogens is 368 g/mol. The number of aliphatic imine (C=N–C) groups is 1. The van der Waals surface area contributed by atoms with E-state index in [1.807, 2.05) is 30.3 Å². The number of anilines is 1. The van der Waals surface area contributed by atoms with E-state index in [-0.39, 0.29) is 17.9 Å². The molecule has 3 rings (SSSR count). The number of rotatable bonds is 5. The van der Waals surface area contributed by atoms with Crippen LogP contribution in [0.15, 0.2) is 41.7 Å². The summed E-state index contributed by atoms with van der Waals surface area (Å²) in [5, 5.41) is 7.60. The van der Waals surface area contributed by atoms with Crippen LogP contribution in [-0.4, -0.2) is 66.9 Å². The fourth-order valence-electron chi connectivity index (χ4n) is 3.45. The number of aryl methyl sites for hydroxylation is 1. The summed E-state index contributed by atoms with van der Waals surface area (Å²) in [5.74, 6) is 1.63. The molecule has 0 unspecified atom stereocenters. The topological polar surface area (TPSA) is 75.0 Å². The molecule has 1 aliphatic heterocycles. The fraction of sp³-hybridized carbons (Fsp3) is 0.476. The number of ether oxygens (including phenoxy) is 1. The van der Waals surface area contributed by atoms with E-state index >= 15 is 0 Å². The lowest BCUT2D eigenvalue weighted by Crippen LogP contribution is -2.56. The molecule has 0 aliphatic carbocycles. The van der Waals surface area contributed by atoms with E-state index in [2.05, 4.69) is 41.4 Å². The van der Waals surface area contributed by atoms with E-state index in [9.17, 15) is 4.79 Å². The molecule has 1 aliphatic rings. The number of aromatic nitrogens is 2. The molecule has 1 amide bonds. The number of guanidine groups is 1. The van der Waals surface area contributed by atoms with Crippen molar-refractivity contribution in [2.24, 2.45) is 12.0 Å². The van der Waals surface area contributed by atoms with Crippen LogP contribution in [0, 0.1) is 0 Å². The van der Waals surface area contributed by atoms with Gasteiger partial charge in [-0.05, 0) is 17.7 Å². The lowest BCUT2D eigenvalue weighted by molar-refractivity contribution is -0.120. The molecule has 1 saturated heterocycles. The number of nitrogens with one attached hydrogen (secondary N) is 1. The van der Waals surface area contributed by atoms with Gasteiger partial charge in [0, 0.05) is 45.3 Å². The molecule has 2 heterocycles. The summed E-state index contributed by atoms with van der Waals surface area (Å²) < 4.78 is 6.95. The molecule has 1 aromatic carbocycles. The molecule has 0 atom stereocenters. The predicted octanol–water partition coefficient (Wildman–Crippen LogP) is 1.63. The first kappa shape index (κ1) is 20.7. The van der Waals surface area contributed by atoms with Gasteiger partial charge in [0.15, 0.2) is 5.96 Å². The van der Waals surface area contributed by atoms with Crippen LogP contribution in [0.4, 0.5) is 5.69 Å². The second-order valence-electron chi connectivity index (χ2n) is 7.85. The minimum Gasteiger partial charge on any atom is -0.497 e. The van der Waals surface area contributed by atoms with Crippen molar-refractivity contribution in [3.8, 4) is 5.75 Å². The van der Waals surface area contributed by atoms with Crippen molar-refractivity contribution in [2.45, 2.75) is 19.3 Å². The zero-order valence-corrected chi connectivity index (χ0v) is 17.8. The minimum absolute atomic E-state index is 0.0432. The normalized spacial score (nSPS) is 15.6. The summed E-state index contributed by atoms with van der Waals surface area (Å²) in [6.07, 6.45) is 3.58. The number of hydrogen-bond donors (Lipinski definition) is 1. The molecule has 1 N–H and O–H groups in total. The summed E-state index contributed by atoms with van der Waals surface area (Å²) in [7, 11) is 5.27. The molecular formula is C21H30N6O2. The molecule has 2 aromatic rings. The number of amides is 1. The Balaban J connectivity index is 1.61. The van der Waals surface area contributed by atoms with Crippen LogP contribution in [0.2, 0.25) is 0 Å². The first-order chi connectivity index (χ1) is 13.8. The van der Waals surface area contributed by atoms with E-state index in [0.717, 1.165) is 17.4 Å². The van der Waals surface area contributed by atoms with Crippen LogP contribution in [-0.2, 0) is 17.3 Å². The van der Waals surface area contributed by atoms with Gasteiger partial charge in [0.1, 0.15) is 12.3 Å². The molecule has 156 valence electrons. The van der Waals surface area contributed by atoms with Gasteiger partial charge in [-0.25, -0.2) is 0 Å². The second-order valence-corrected chi connectivity index (χ2v) is 7.85. The second kappa shape index (κ2) is 8.55. The van der Waals surface area contributed by atoms with E-state index in [0.29, 0.717) is 19.6 Å². The summed E-state index contributed by atoms with van der Waals surface area (Å²) in [6, 6.07) is 8.11. The number of hydrogen-bond acceptors (Lipinski definition) is 4. The zero-order valence-electron chi connectivity index (χ0n) is 17.8. The molecule has 0 bridgehead atoms. The van der Waals surface area contributed by atoms with Crippen molar-refractivity contribution in [1.29, 1.82) is 0 Å². The average molecular weight is 399 g/mol. The third-order valence-electron chi connectivity index (χ3n) is 5.29. The Morgan fingerprint density at radius 3 is 2.55 bits per heavy atom. The Hall–Kier alpha value is -3.03. The summed E-state index contributed by atoms with van der Waals surface area (Å²) in [6.45, 7) is 6.66. The Morgan fingerprint density at radius 1 is 1.28 bits per heavy atom. The Bertz CT molecular complexity index is 872. The molecule has 29 heavy (non-hydrogen) atoms. The van der Waals surface area contributed by atoms with Gasteiger partial charge >= 0.3 is 0 Å². The van der Waals surface area contributed by atoms with E-state index in [1.165, 1.54) is 5.56 Å². The molecule has 8 nitrogen and oxygen atoms in total. The van der Waals surface area contributed by atoms with Gasteiger partial charge < -0.3 is 19.9 Å². The quantitative estimate of drug-likeness (QED) is 0.612. The maximum atomic E-state index is 12.7. The van der Waals surface area contributed by atoms with Crippen molar-refractivity contribution in [3.05, 3.63) is 42.2 Å². The maximum absolute atomic E-state index is 12.7. The van der Waals surface area contributed by atoms with Crippen LogP contribution in [0.25, 0.3) is 0 Å². The number of piperazine rings is 1. The van der Waals surface area contributed by atoms with Crippen molar-refractivity contribution in [1.82, 2.24) is 20.0 Å². The Labute approximate surface area is 172 Å². The van der Waals surface area contributed by atoms with E-state index in [1.54, 1.807) is 29.9 Å². The largest absolute Gasteiger partial charge is 0.497 e. The van der Waals surface area contributed by atoms with E-state index < -0.39 is 0 Å². The van der Waals surface area contributed by atoms with Gasteiger partial charge in [0.25, 0.3) is 0 Å². The van der Waals surface area contributed by atoms with Crippen LogP contribution in [0.3, 0.4) is 0 Å². The van der Waals surface area contributed by atoms with Gasteiger partial charge in [-0.2, -0.15) is 5.10 Å². The number of methoxy groups -OCH3 is 1. The SMILES string of the molecule is CN=C(NCC(C)(C)c1ccc(OC)cc1)N1CCN(c2cnn(C)c2)C(=O)C1. The molecule has 0 saturated carbocycles. The fourth-order valence-corrected chi connectivity index (χ4v) is 3.45. The molecule has 1 fully saturated rings. The van der Waals surface area contributed by atoms with Gasteiger partial charge in [0.05, 0.1) is 19.0 Å². The highest BCUT2D eigenvalue weighted by atomic mass is 16.5. The smallest absolute Gasteiger partial charge is 0.246 e. The molecule has 0 radical (unpaired) electrons. The van der Waals surface area contributed by atoms with Gasteiger partial charge in [-0.1, -0.05) is 26.0 Å². The highest BCUT2D eigenvalue weighted by Crippen LogP contribution is 2.24. The van der Waals surface area contributed by atoms with Crippen LogP contribution in [0.5, 0.6) is 5.75 Å². The van der Waals surface area contributed by atoms with Crippen LogP contribution >= 0.6 is 0 Å². The standard InChI is InChI=1S/C21H30N6O2/c1-21(2,16-6-8-18(29-5)9-7-16)15-23-20(22-3)26-10-11-27(19(28)14-26)17-12-24-25(4)13-17/h6-9,12-13H,10-11,14-15H2,1-5H3,(H,22,23). The third kappa shape index (κ3) is 4.70. The van der Waals surface area contributed by atoms with Crippen molar-refractivity contribution in [3.63, 3.8) is 0 Å². The van der Waals surface area contributed by atoms with Crippen molar-refractivity contribution >= 4 is 17.6 Å². The van der Waals surface area contributed by atoms with E-state index in [4.69, 9.17) is 4.74 Å². The lowest BCUT2D eigenvalue weighted by Gasteiger charge is -2.36. The lowest BCUT2D eigenvalue weighted by atomic mass is 9.84. The molecule has 1 aromatic heterocycles. The first-order valence-corrected chi connectivity index (χ1v) is 9.73. The number of carbonyl (C=O) groups is 1. The summed E-state index contributed by atoms with van der Waals surface area (Å²) >= 11 is 0. The molecule has 0 spiro atoms. The minimum atomic E-state index is -0.107. The highest BCUT2D eigenvalue weighted by Gasteiger charge is 2.29. The van der Waals surface area contributed by atoms with Gasteiger partial charge in [-0.3, -0.25) is 14.5 Å². The Kier molecular flexibility index (Phi) is 6.10. The van der Waals surface area contributed by atoms with Gasteiger partial charge in [0.2, 0.25) is 5.91 Å². The monoisotopic (exact) mass is 398 g/mol. The average Bonchev–Trinajstić information content (AvgIpc) is 3.14. The van der Waals surface area contributed by atoms with Crippen LogP contribution < -0.4 is 15.0 Å². The zero-order chi connectivity index (χ0) is 21.0. The van der Waals surface area contributed by atoms with Crippen molar-refractivity contribution < 1.29 is 9.53 Å². The number of carbonyl (C=O) groups excluding carboxylic acids is 1. The van der Waals surface area contributed by atoms with Crippen LogP contribution in [0.1, 0.15) is 19.4 Å². The summed E-state index contributed by atoms with van der Waals surface area (Å²) in [4.78, 5) is 20.8. The van der Waals surface area contributed by atoms with Crippen molar-refractivity contribution in [2.75, 3.05) is 45.2 Å². The summed E-state index contributed by atoms with van der Waals surface area (Å²) in [5.41, 5.74) is 1.93. The predicted molar refractivity (Wildman–Crippen MR) is 115 cm³/mol. The first-order valence-electron chi connectivity index (χ1n) is 9.73. The number of nitrogens with zero attached hydrogens (tertiary/aromatic N) is 5. The molecule has 8 heteroatoms. The van der Waals surface area contributed by atoms with Gasteiger partial charge in [-0.15, -0.1) is 0 Å². The Morgan fingerprint density at radius 2 is 2.00 bits per heavy atom. The maximum Gasteiger partial charge on any atom is 0.246 e. The third-order valence-corrected chi connectivity index (χ3v) is 5.29. The number of benzene rings is 1.